The molecule has 114 valence electrons. The van der Waals surface area contributed by atoms with Gasteiger partial charge < -0.3 is 0 Å². The average molecular weight is 358 g/mol. The van der Waals surface area contributed by atoms with Gasteiger partial charge in [-0.25, -0.2) is 5.43 Å². The number of nitrogens with one attached hydrogen (secondary N) is 2. The highest BCUT2D eigenvalue weighted by molar-refractivity contribution is 6.35. The third kappa shape index (κ3) is 4.96. The van der Waals surface area contributed by atoms with Crippen LogP contribution < -0.4 is 10.9 Å². The van der Waals surface area contributed by atoms with Crippen molar-refractivity contribution < 1.29 is 4.79 Å². The molecule has 0 bridgehead atoms. The molecule has 0 radical (unpaired) electrons. The molecule has 0 unspecified atom stereocenters. The maximum Gasteiger partial charge on any atom is 0.276 e. The first-order valence-corrected chi connectivity index (χ1v) is 7.30. The Bertz CT molecular complexity index is 686. The SMILES string of the molecule is O=C(C=Nc1cccc(Cl)c1)NNCc1c(Cl)cncc1Cl. The number of hydrazine groups is 1. The monoisotopic (exact) mass is 356 g/mol. The highest BCUT2D eigenvalue weighted by atomic mass is 35.5. The second-order valence-corrected chi connectivity index (χ2v) is 5.41. The first kappa shape index (κ1) is 16.7. The Morgan fingerprint density at radius 1 is 1.23 bits per heavy atom. The lowest BCUT2D eigenvalue weighted by Gasteiger charge is -2.08. The van der Waals surface area contributed by atoms with Gasteiger partial charge in [0, 0.05) is 29.5 Å². The van der Waals surface area contributed by atoms with Gasteiger partial charge in [0.1, 0.15) is 0 Å². The number of carbonyl (C=O) groups excluding carboxylic acids is 1. The molecule has 0 fully saturated rings. The first-order valence-electron chi connectivity index (χ1n) is 6.16. The van der Waals surface area contributed by atoms with Crippen LogP contribution in [-0.4, -0.2) is 17.1 Å². The van der Waals surface area contributed by atoms with Crippen molar-refractivity contribution in [2.75, 3.05) is 0 Å². The number of aromatic nitrogens is 1. The quantitative estimate of drug-likeness (QED) is 0.635. The normalized spacial score (nSPS) is 10.9. The zero-order chi connectivity index (χ0) is 15.9. The molecule has 22 heavy (non-hydrogen) atoms. The Morgan fingerprint density at radius 2 is 1.95 bits per heavy atom. The Balaban J connectivity index is 1.86. The molecule has 0 saturated heterocycles. The number of halogens is 3. The first-order chi connectivity index (χ1) is 10.6. The third-order valence-corrected chi connectivity index (χ3v) is 3.45. The van der Waals surface area contributed by atoms with Crippen LogP contribution in [0, 0.1) is 0 Å². The van der Waals surface area contributed by atoms with Crippen molar-refractivity contribution in [3.63, 3.8) is 0 Å². The molecule has 1 amide bonds. The number of amides is 1. The lowest BCUT2D eigenvalue weighted by molar-refractivity contribution is -0.115. The molecule has 0 spiro atoms. The maximum atomic E-state index is 11.6. The second kappa shape index (κ2) is 8.10. The standard InChI is InChI=1S/C14H11Cl3N4O/c15-9-2-1-3-10(4-9)19-8-14(22)21-20-5-11-12(16)6-18-7-13(11)17/h1-4,6-8,20H,5H2,(H,21,22). The fraction of sp³-hybridized carbons (Fsp3) is 0.0714. The number of aliphatic imine (C=N–C) groups is 1. The van der Waals surface area contributed by atoms with Crippen molar-refractivity contribution in [3.05, 3.63) is 57.3 Å². The Labute approximate surface area is 142 Å². The molecule has 2 N–H and O–H groups in total. The number of pyridine rings is 1. The van der Waals surface area contributed by atoms with E-state index in [9.17, 15) is 4.79 Å². The molecule has 0 aliphatic rings. The van der Waals surface area contributed by atoms with Crippen LogP contribution in [0.2, 0.25) is 15.1 Å². The summed E-state index contributed by atoms with van der Waals surface area (Å²) in [6, 6.07) is 6.86. The van der Waals surface area contributed by atoms with E-state index in [0.717, 1.165) is 6.21 Å². The summed E-state index contributed by atoms with van der Waals surface area (Å²) in [5.41, 5.74) is 6.41. The van der Waals surface area contributed by atoms with Gasteiger partial charge in [-0.15, -0.1) is 0 Å². The van der Waals surface area contributed by atoms with Crippen LogP contribution in [0.1, 0.15) is 5.56 Å². The van der Waals surface area contributed by atoms with Crippen molar-refractivity contribution in [2.45, 2.75) is 6.54 Å². The van der Waals surface area contributed by atoms with E-state index in [1.165, 1.54) is 12.4 Å². The maximum absolute atomic E-state index is 11.6. The lowest BCUT2D eigenvalue weighted by atomic mass is 10.3. The minimum absolute atomic E-state index is 0.261. The van der Waals surface area contributed by atoms with E-state index in [0.29, 0.717) is 26.3 Å². The number of nitrogens with zero attached hydrogens (tertiary/aromatic N) is 2. The van der Waals surface area contributed by atoms with Crippen LogP contribution in [0.3, 0.4) is 0 Å². The van der Waals surface area contributed by atoms with Gasteiger partial charge in [-0.2, -0.15) is 0 Å². The fourth-order valence-electron chi connectivity index (χ4n) is 1.55. The Hall–Kier alpha value is -1.66. The number of carbonyl (C=O) groups is 1. The largest absolute Gasteiger partial charge is 0.286 e. The molecule has 1 aromatic carbocycles. The van der Waals surface area contributed by atoms with E-state index in [1.807, 2.05) is 0 Å². The highest BCUT2D eigenvalue weighted by Crippen LogP contribution is 2.22. The predicted molar refractivity (Wildman–Crippen MR) is 88.8 cm³/mol. The van der Waals surface area contributed by atoms with Crippen LogP contribution in [-0.2, 0) is 11.3 Å². The molecule has 2 aromatic rings. The molecule has 0 atom stereocenters. The summed E-state index contributed by atoms with van der Waals surface area (Å²) in [6.45, 7) is 0.261. The van der Waals surface area contributed by atoms with Gasteiger partial charge in [0.15, 0.2) is 0 Å². The number of hydrogen-bond acceptors (Lipinski definition) is 4. The van der Waals surface area contributed by atoms with E-state index in [1.54, 1.807) is 24.3 Å². The van der Waals surface area contributed by atoms with Gasteiger partial charge in [0.25, 0.3) is 5.91 Å². The zero-order valence-electron chi connectivity index (χ0n) is 11.2. The molecule has 1 heterocycles. The lowest BCUT2D eigenvalue weighted by Crippen LogP contribution is -2.37. The highest BCUT2D eigenvalue weighted by Gasteiger charge is 2.06. The topological polar surface area (TPSA) is 66.4 Å². The van der Waals surface area contributed by atoms with Crippen molar-refractivity contribution in [2.24, 2.45) is 4.99 Å². The second-order valence-electron chi connectivity index (χ2n) is 4.16. The zero-order valence-corrected chi connectivity index (χ0v) is 13.5. The molecule has 8 heteroatoms. The van der Waals surface area contributed by atoms with Crippen LogP contribution in [0.25, 0.3) is 0 Å². The van der Waals surface area contributed by atoms with Crippen molar-refractivity contribution in [1.29, 1.82) is 0 Å². The van der Waals surface area contributed by atoms with E-state index in [4.69, 9.17) is 34.8 Å². The molecular weight excluding hydrogens is 347 g/mol. The summed E-state index contributed by atoms with van der Waals surface area (Å²) in [5, 5.41) is 1.39. The number of rotatable bonds is 5. The smallest absolute Gasteiger partial charge is 0.276 e. The molecule has 5 nitrogen and oxygen atoms in total. The van der Waals surface area contributed by atoms with Crippen LogP contribution in [0.5, 0.6) is 0 Å². The van der Waals surface area contributed by atoms with Crippen LogP contribution in [0.4, 0.5) is 5.69 Å². The minimum atomic E-state index is -0.415. The molecule has 2 rings (SSSR count). The number of hydrogen-bond donors (Lipinski definition) is 2. The van der Waals surface area contributed by atoms with Crippen LogP contribution in [0.15, 0.2) is 41.7 Å². The summed E-state index contributed by atoms with van der Waals surface area (Å²) in [5.74, 6) is -0.415. The van der Waals surface area contributed by atoms with E-state index in [2.05, 4.69) is 20.8 Å². The van der Waals surface area contributed by atoms with Gasteiger partial charge in [0.2, 0.25) is 0 Å². The van der Waals surface area contributed by atoms with Gasteiger partial charge >= 0.3 is 0 Å². The number of benzene rings is 1. The summed E-state index contributed by atoms with van der Waals surface area (Å²) in [4.78, 5) is 19.5. The molecule has 0 saturated carbocycles. The van der Waals surface area contributed by atoms with Crippen LogP contribution >= 0.6 is 34.8 Å². The summed E-state index contributed by atoms with van der Waals surface area (Å²) in [7, 11) is 0. The molecule has 1 aromatic heterocycles. The minimum Gasteiger partial charge on any atom is -0.286 e. The molecular formula is C14H11Cl3N4O. The van der Waals surface area contributed by atoms with Crippen molar-refractivity contribution in [3.8, 4) is 0 Å². The third-order valence-electron chi connectivity index (χ3n) is 2.57. The van der Waals surface area contributed by atoms with Crippen molar-refractivity contribution >= 4 is 52.6 Å². The van der Waals surface area contributed by atoms with Crippen molar-refractivity contribution in [1.82, 2.24) is 15.8 Å². The summed E-state index contributed by atoms with van der Waals surface area (Å²) < 4.78 is 0. The van der Waals surface area contributed by atoms with E-state index in [-0.39, 0.29) is 6.54 Å². The van der Waals surface area contributed by atoms with Gasteiger partial charge in [-0.3, -0.25) is 20.2 Å². The predicted octanol–water partition coefficient (Wildman–Crippen LogP) is 3.57. The molecule has 0 aliphatic heterocycles. The summed E-state index contributed by atoms with van der Waals surface area (Å²) in [6.07, 6.45) is 4.11. The molecule has 0 aliphatic carbocycles. The summed E-state index contributed by atoms with van der Waals surface area (Å²) >= 11 is 17.7. The van der Waals surface area contributed by atoms with Gasteiger partial charge in [-0.05, 0) is 18.2 Å². The Morgan fingerprint density at radius 3 is 2.64 bits per heavy atom. The average Bonchev–Trinajstić information content (AvgIpc) is 2.48. The fourth-order valence-corrected chi connectivity index (χ4v) is 2.23. The van der Waals surface area contributed by atoms with Gasteiger partial charge in [0.05, 0.1) is 21.9 Å². The van der Waals surface area contributed by atoms with Gasteiger partial charge in [-0.1, -0.05) is 40.9 Å². The van der Waals surface area contributed by atoms with E-state index >= 15 is 0 Å². The van der Waals surface area contributed by atoms with E-state index < -0.39 is 5.91 Å². The Kier molecular flexibility index (Phi) is 6.15.